The Kier molecular flexibility index (Phi) is 3.35. The zero-order chi connectivity index (χ0) is 11.5. The normalized spacial score (nSPS) is 16.2. The van der Waals surface area contributed by atoms with Gasteiger partial charge in [-0.25, -0.2) is 0 Å². The fourth-order valence-electron chi connectivity index (χ4n) is 2.34. The summed E-state index contributed by atoms with van der Waals surface area (Å²) >= 11 is 1.49. The van der Waals surface area contributed by atoms with Crippen molar-refractivity contribution in [3.63, 3.8) is 0 Å². The summed E-state index contributed by atoms with van der Waals surface area (Å²) in [7, 11) is 2.09. The second-order valence-electron chi connectivity index (χ2n) is 4.51. The highest BCUT2D eigenvalue weighted by molar-refractivity contribution is 7.17. The van der Waals surface area contributed by atoms with Gasteiger partial charge >= 0.3 is 0 Å². The minimum absolute atomic E-state index is 0.612. The molecular weight excluding hydrogens is 218 g/mol. The first-order valence-corrected chi connectivity index (χ1v) is 6.53. The molecule has 2 rings (SSSR count). The predicted molar refractivity (Wildman–Crippen MR) is 68.7 cm³/mol. The summed E-state index contributed by atoms with van der Waals surface area (Å²) < 4.78 is 0. The molecule has 0 unspecified atom stereocenters. The third kappa shape index (κ3) is 2.30. The number of anilines is 2. The van der Waals surface area contributed by atoms with Crippen LogP contribution >= 0.6 is 11.3 Å². The van der Waals surface area contributed by atoms with Crippen molar-refractivity contribution >= 4 is 22.0 Å². The van der Waals surface area contributed by atoms with E-state index in [1.165, 1.54) is 37.0 Å². The smallest absolute Gasteiger partial charge is 0.129 e. The van der Waals surface area contributed by atoms with Crippen molar-refractivity contribution in [3.8, 4) is 6.07 Å². The van der Waals surface area contributed by atoms with Crippen molar-refractivity contribution < 1.29 is 0 Å². The van der Waals surface area contributed by atoms with Gasteiger partial charge in [0, 0.05) is 13.6 Å². The summed E-state index contributed by atoms with van der Waals surface area (Å²) in [6.45, 7) is 1.09. The molecule has 0 radical (unpaired) electrons. The lowest BCUT2D eigenvalue weighted by atomic mass is 10.1. The summed E-state index contributed by atoms with van der Waals surface area (Å²) in [5.41, 5.74) is 6.37. The van der Waals surface area contributed by atoms with Gasteiger partial charge in [-0.15, -0.1) is 11.3 Å². The SMILES string of the molecule is CN(CC1CCCC1)c1cc(N)c(C#N)s1. The topological polar surface area (TPSA) is 53.0 Å². The van der Waals surface area contributed by atoms with Gasteiger partial charge in [-0.1, -0.05) is 12.8 Å². The van der Waals surface area contributed by atoms with Crippen LogP contribution in [0.3, 0.4) is 0 Å². The molecule has 0 aliphatic heterocycles. The fourth-order valence-corrected chi connectivity index (χ4v) is 3.19. The number of nitrogens with zero attached hydrogens (tertiary/aromatic N) is 2. The van der Waals surface area contributed by atoms with Crippen LogP contribution in [0.5, 0.6) is 0 Å². The van der Waals surface area contributed by atoms with Gasteiger partial charge < -0.3 is 10.6 Å². The van der Waals surface area contributed by atoms with Crippen molar-refractivity contribution in [3.05, 3.63) is 10.9 Å². The molecule has 2 N–H and O–H groups in total. The first-order chi connectivity index (χ1) is 7.70. The Balaban J connectivity index is 2.02. The number of thiophene rings is 1. The molecule has 16 heavy (non-hydrogen) atoms. The molecule has 3 nitrogen and oxygen atoms in total. The second-order valence-corrected chi connectivity index (χ2v) is 5.54. The first kappa shape index (κ1) is 11.3. The number of hydrogen-bond acceptors (Lipinski definition) is 4. The highest BCUT2D eigenvalue weighted by Gasteiger charge is 2.18. The molecule has 1 aliphatic carbocycles. The predicted octanol–water partition coefficient (Wildman–Crippen LogP) is 2.83. The Hall–Kier alpha value is -1.21. The Morgan fingerprint density at radius 3 is 2.81 bits per heavy atom. The largest absolute Gasteiger partial charge is 0.397 e. The molecular formula is C12H17N3S. The molecule has 1 heterocycles. The van der Waals surface area contributed by atoms with Gasteiger partial charge in [0.15, 0.2) is 0 Å². The van der Waals surface area contributed by atoms with Crippen molar-refractivity contribution in [1.29, 1.82) is 5.26 Å². The maximum atomic E-state index is 8.86. The maximum absolute atomic E-state index is 8.86. The summed E-state index contributed by atoms with van der Waals surface area (Å²) in [4.78, 5) is 2.87. The highest BCUT2D eigenvalue weighted by atomic mass is 32.1. The molecule has 86 valence electrons. The third-order valence-corrected chi connectivity index (χ3v) is 4.40. The van der Waals surface area contributed by atoms with Crippen molar-refractivity contribution in [1.82, 2.24) is 0 Å². The van der Waals surface area contributed by atoms with Crippen LogP contribution in [0.2, 0.25) is 0 Å². The molecule has 1 fully saturated rings. The first-order valence-electron chi connectivity index (χ1n) is 5.71. The summed E-state index contributed by atoms with van der Waals surface area (Å²) in [5, 5.41) is 9.97. The second kappa shape index (κ2) is 4.75. The van der Waals surface area contributed by atoms with E-state index in [-0.39, 0.29) is 0 Å². The van der Waals surface area contributed by atoms with E-state index >= 15 is 0 Å². The average molecular weight is 235 g/mol. The Bertz CT molecular complexity index is 399. The number of hydrogen-bond donors (Lipinski definition) is 1. The molecule has 1 aliphatic rings. The summed E-state index contributed by atoms with van der Waals surface area (Å²) in [6, 6.07) is 4.05. The van der Waals surface area contributed by atoms with Crippen LogP contribution in [-0.2, 0) is 0 Å². The van der Waals surface area contributed by atoms with Crippen LogP contribution in [0.15, 0.2) is 6.07 Å². The number of nitrogens with two attached hydrogens (primary N) is 1. The molecule has 0 bridgehead atoms. The Morgan fingerprint density at radius 1 is 1.56 bits per heavy atom. The van der Waals surface area contributed by atoms with Crippen LogP contribution in [0, 0.1) is 17.2 Å². The van der Waals surface area contributed by atoms with E-state index in [0.29, 0.717) is 10.6 Å². The lowest BCUT2D eigenvalue weighted by molar-refractivity contribution is 0.548. The standard InChI is InChI=1S/C12H17N3S/c1-15(8-9-4-2-3-5-9)12-6-10(14)11(7-13)16-12/h6,9H,2-5,8,14H2,1H3. The van der Waals surface area contributed by atoms with Gasteiger partial charge in [-0.3, -0.25) is 0 Å². The molecule has 0 spiro atoms. The van der Waals surface area contributed by atoms with Crippen LogP contribution in [-0.4, -0.2) is 13.6 Å². The Labute approximate surface area is 100 Å². The van der Waals surface area contributed by atoms with E-state index in [1.807, 2.05) is 6.07 Å². The molecule has 1 aromatic heterocycles. The van der Waals surface area contributed by atoms with Crippen LogP contribution in [0.1, 0.15) is 30.6 Å². The Morgan fingerprint density at radius 2 is 2.25 bits per heavy atom. The van der Waals surface area contributed by atoms with E-state index in [2.05, 4.69) is 18.0 Å². The number of rotatable bonds is 3. The van der Waals surface area contributed by atoms with Gasteiger partial charge in [-0.05, 0) is 24.8 Å². The molecule has 1 saturated carbocycles. The maximum Gasteiger partial charge on any atom is 0.129 e. The van der Waals surface area contributed by atoms with E-state index in [1.54, 1.807) is 0 Å². The monoisotopic (exact) mass is 235 g/mol. The molecule has 0 atom stereocenters. The van der Waals surface area contributed by atoms with Gasteiger partial charge in [0.2, 0.25) is 0 Å². The van der Waals surface area contributed by atoms with Crippen LogP contribution < -0.4 is 10.6 Å². The molecule has 0 amide bonds. The molecule has 4 heteroatoms. The third-order valence-electron chi connectivity index (χ3n) is 3.23. The molecule has 0 saturated heterocycles. The lowest BCUT2D eigenvalue weighted by Gasteiger charge is -2.20. The van der Waals surface area contributed by atoms with Crippen molar-refractivity contribution in [2.75, 3.05) is 24.2 Å². The van der Waals surface area contributed by atoms with Gasteiger partial charge in [0.1, 0.15) is 10.9 Å². The van der Waals surface area contributed by atoms with E-state index in [4.69, 9.17) is 11.0 Å². The van der Waals surface area contributed by atoms with Crippen molar-refractivity contribution in [2.45, 2.75) is 25.7 Å². The zero-order valence-electron chi connectivity index (χ0n) is 9.57. The average Bonchev–Trinajstić information content (AvgIpc) is 2.87. The van der Waals surface area contributed by atoms with E-state index < -0.39 is 0 Å². The van der Waals surface area contributed by atoms with Crippen molar-refractivity contribution in [2.24, 2.45) is 5.92 Å². The van der Waals surface area contributed by atoms with Gasteiger partial charge in [0.25, 0.3) is 0 Å². The molecule has 0 aromatic carbocycles. The minimum atomic E-state index is 0.612. The van der Waals surface area contributed by atoms with Crippen LogP contribution in [0.25, 0.3) is 0 Å². The minimum Gasteiger partial charge on any atom is -0.397 e. The van der Waals surface area contributed by atoms with Gasteiger partial charge in [-0.2, -0.15) is 5.26 Å². The van der Waals surface area contributed by atoms with E-state index in [9.17, 15) is 0 Å². The fraction of sp³-hybridized carbons (Fsp3) is 0.583. The number of nitrogen functional groups attached to an aromatic ring is 1. The zero-order valence-corrected chi connectivity index (χ0v) is 10.4. The number of nitriles is 1. The summed E-state index contributed by atoms with van der Waals surface area (Å²) in [6.07, 6.45) is 5.43. The lowest BCUT2D eigenvalue weighted by Crippen LogP contribution is -2.22. The van der Waals surface area contributed by atoms with Crippen LogP contribution in [0.4, 0.5) is 10.7 Å². The van der Waals surface area contributed by atoms with Gasteiger partial charge in [0.05, 0.1) is 10.7 Å². The quantitative estimate of drug-likeness (QED) is 0.876. The van der Waals surface area contributed by atoms with E-state index in [0.717, 1.165) is 17.5 Å². The molecule has 1 aromatic rings. The highest BCUT2D eigenvalue weighted by Crippen LogP contribution is 2.33. The summed E-state index contributed by atoms with van der Waals surface area (Å²) in [5.74, 6) is 0.818.